The summed E-state index contributed by atoms with van der Waals surface area (Å²) in [6.07, 6.45) is 7.82. The lowest BCUT2D eigenvalue weighted by atomic mass is 9.79. The Morgan fingerprint density at radius 1 is 1.18 bits per heavy atom. The molecule has 2 atom stereocenters. The van der Waals surface area contributed by atoms with Crippen LogP contribution in [0.25, 0.3) is 6.08 Å². The molecule has 170 valence electrons. The quantitative estimate of drug-likeness (QED) is 0.396. The predicted molar refractivity (Wildman–Crippen MR) is 135 cm³/mol. The van der Waals surface area contributed by atoms with Gasteiger partial charge in [-0.15, -0.1) is 32.9 Å². The van der Waals surface area contributed by atoms with E-state index in [4.69, 9.17) is 5.10 Å². The number of amides is 1. The van der Waals surface area contributed by atoms with Gasteiger partial charge in [-0.05, 0) is 73.6 Å². The molecule has 0 unspecified atom stereocenters. The van der Waals surface area contributed by atoms with E-state index in [0.717, 1.165) is 36.0 Å². The van der Waals surface area contributed by atoms with Crippen molar-refractivity contribution in [2.75, 3.05) is 5.75 Å². The molecule has 2 saturated carbocycles. The first kappa shape index (κ1) is 21.3. The van der Waals surface area contributed by atoms with Crippen molar-refractivity contribution in [3.05, 3.63) is 56.2 Å². The monoisotopic (exact) mass is 495 g/mol. The van der Waals surface area contributed by atoms with Crippen LogP contribution in [-0.2, 0) is 4.79 Å². The van der Waals surface area contributed by atoms with E-state index in [1.54, 1.807) is 27.7 Å². The lowest BCUT2D eigenvalue weighted by Gasteiger charge is -2.28. The van der Waals surface area contributed by atoms with Crippen LogP contribution in [0.5, 0.6) is 0 Å². The van der Waals surface area contributed by atoms with Crippen molar-refractivity contribution in [3.63, 3.8) is 0 Å². The van der Waals surface area contributed by atoms with E-state index in [2.05, 4.69) is 55.9 Å². The molecule has 4 heterocycles. The summed E-state index contributed by atoms with van der Waals surface area (Å²) < 4.78 is 2.19. The number of aromatic nitrogens is 3. The largest absolute Gasteiger partial charge is 0.303 e. The summed E-state index contributed by atoms with van der Waals surface area (Å²) in [6, 6.07) is 8.93. The van der Waals surface area contributed by atoms with E-state index in [-0.39, 0.29) is 17.9 Å². The van der Waals surface area contributed by atoms with Gasteiger partial charge in [0.1, 0.15) is 5.82 Å². The SMILES string of the molecule is Cc1nnc(SCC(=O)N2N=C3/C(=C\c4cccs4)CCC[C@H]3[C@@H]2c2cccs2)n1C1CC1. The Labute approximate surface area is 205 Å². The van der Waals surface area contributed by atoms with Crippen molar-refractivity contribution in [1.82, 2.24) is 19.8 Å². The van der Waals surface area contributed by atoms with Crippen molar-refractivity contribution in [1.29, 1.82) is 0 Å². The predicted octanol–water partition coefficient (Wildman–Crippen LogP) is 5.96. The van der Waals surface area contributed by atoms with Gasteiger partial charge in [-0.3, -0.25) is 4.79 Å². The van der Waals surface area contributed by atoms with Crippen LogP contribution in [0.1, 0.15) is 59.8 Å². The number of aryl methyl sites for hydroxylation is 1. The van der Waals surface area contributed by atoms with Gasteiger partial charge in [0.2, 0.25) is 0 Å². The maximum Gasteiger partial charge on any atom is 0.253 e. The first-order chi connectivity index (χ1) is 16.2. The highest BCUT2D eigenvalue weighted by molar-refractivity contribution is 7.99. The van der Waals surface area contributed by atoms with Crippen LogP contribution < -0.4 is 0 Å². The van der Waals surface area contributed by atoms with Crippen molar-refractivity contribution in [2.45, 2.75) is 56.3 Å². The van der Waals surface area contributed by atoms with Gasteiger partial charge in [0.05, 0.1) is 17.5 Å². The van der Waals surface area contributed by atoms with E-state index in [1.165, 1.54) is 39.9 Å². The normalized spacial score (nSPS) is 23.7. The number of hydrazone groups is 1. The Kier molecular flexibility index (Phi) is 5.72. The molecular formula is C24H25N5OS3. The summed E-state index contributed by atoms with van der Waals surface area (Å²) in [5.74, 6) is 1.55. The third kappa shape index (κ3) is 4.11. The summed E-state index contributed by atoms with van der Waals surface area (Å²) >= 11 is 4.95. The molecule has 3 aromatic rings. The van der Waals surface area contributed by atoms with E-state index in [0.29, 0.717) is 11.8 Å². The number of fused-ring (bicyclic) bond motifs is 1. The van der Waals surface area contributed by atoms with Crippen molar-refractivity contribution < 1.29 is 4.79 Å². The Morgan fingerprint density at radius 2 is 2.03 bits per heavy atom. The van der Waals surface area contributed by atoms with Crippen molar-refractivity contribution in [2.24, 2.45) is 11.0 Å². The molecule has 0 bridgehead atoms. The highest BCUT2D eigenvalue weighted by atomic mass is 32.2. The van der Waals surface area contributed by atoms with Crippen LogP contribution in [0, 0.1) is 12.8 Å². The standard InChI is InChI=1S/C24H25N5OS3/c1-15-25-26-24(28(15)17-9-10-17)33-14-21(30)29-23(20-8-4-12-32-20)19-7-2-5-16(22(19)27-29)13-18-6-3-11-31-18/h3-4,6,8,11-13,17,19,23H,2,5,7,9-10,14H2,1H3/b16-13-/t19-,23-/m1/s1. The minimum absolute atomic E-state index is 0.0110. The molecule has 9 heteroatoms. The number of rotatable bonds is 6. The summed E-state index contributed by atoms with van der Waals surface area (Å²) in [5.41, 5.74) is 2.38. The van der Waals surface area contributed by atoms with Gasteiger partial charge in [-0.25, -0.2) is 5.01 Å². The smallest absolute Gasteiger partial charge is 0.253 e. The fraction of sp³-hybridized carbons (Fsp3) is 0.417. The third-order valence-corrected chi connectivity index (χ3v) is 9.21. The summed E-state index contributed by atoms with van der Waals surface area (Å²) in [6.45, 7) is 1.99. The maximum atomic E-state index is 13.5. The number of thiophene rings is 2. The minimum atomic E-state index is -0.0110. The molecule has 3 aromatic heterocycles. The lowest BCUT2D eigenvalue weighted by molar-refractivity contribution is -0.130. The van der Waals surface area contributed by atoms with E-state index >= 15 is 0 Å². The average Bonchev–Trinajstić information content (AvgIpc) is 3.26. The lowest BCUT2D eigenvalue weighted by Crippen LogP contribution is -2.32. The van der Waals surface area contributed by atoms with Crippen LogP contribution in [0.15, 0.2) is 50.9 Å². The topological polar surface area (TPSA) is 63.4 Å². The molecule has 0 spiro atoms. The first-order valence-corrected chi connectivity index (χ1v) is 14.2. The fourth-order valence-electron chi connectivity index (χ4n) is 4.88. The van der Waals surface area contributed by atoms with Gasteiger partial charge in [0.25, 0.3) is 5.91 Å². The number of hydrogen-bond acceptors (Lipinski definition) is 7. The second kappa shape index (κ2) is 8.85. The Bertz CT molecular complexity index is 1210. The molecule has 33 heavy (non-hydrogen) atoms. The van der Waals surface area contributed by atoms with Gasteiger partial charge in [-0.2, -0.15) is 5.10 Å². The zero-order valence-corrected chi connectivity index (χ0v) is 20.8. The highest BCUT2D eigenvalue weighted by Crippen LogP contribution is 2.46. The van der Waals surface area contributed by atoms with Gasteiger partial charge in [-0.1, -0.05) is 23.9 Å². The third-order valence-electron chi connectivity index (χ3n) is 6.52. The molecule has 1 aliphatic heterocycles. The molecule has 0 N–H and O–H groups in total. The fourth-order valence-corrected chi connectivity index (χ4v) is 7.34. The van der Waals surface area contributed by atoms with Crippen molar-refractivity contribution in [3.8, 4) is 0 Å². The number of carbonyl (C=O) groups excluding carboxylic acids is 1. The summed E-state index contributed by atoms with van der Waals surface area (Å²) in [5, 5.41) is 20.4. The van der Waals surface area contributed by atoms with E-state index in [1.807, 2.05) is 6.92 Å². The number of thioether (sulfide) groups is 1. The molecular weight excluding hydrogens is 470 g/mol. The zero-order valence-electron chi connectivity index (χ0n) is 18.4. The highest BCUT2D eigenvalue weighted by Gasteiger charge is 2.44. The molecule has 6 rings (SSSR count). The first-order valence-electron chi connectivity index (χ1n) is 11.4. The zero-order chi connectivity index (χ0) is 22.4. The maximum absolute atomic E-state index is 13.5. The van der Waals surface area contributed by atoms with Gasteiger partial charge < -0.3 is 4.57 Å². The molecule has 2 fully saturated rings. The van der Waals surface area contributed by atoms with Crippen LogP contribution in [0.2, 0.25) is 0 Å². The average molecular weight is 496 g/mol. The molecule has 1 amide bonds. The number of hydrogen-bond donors (Lipinski definition) is 0. The van der Waals surface area contributed by atoms with Gasteiger partial charge in [0, 0.05) is 21.7 Å². The molecule has 3 aliphatic rings. The Morgan fingerprint density at radius 3 is 2.79 bits per heavy atom. The number of allylic oxidation sites excluding steroid dienone is 1. The van der Waals surface area contributed by atoms with E-state index < -0.39 is 0 Å². The number of carbonyl (C=O) groups is 1. The second-order valence-electron chi connectivity index (χ2n) is 8.79. The van der Waals surface area contributed by atoms with Crippen LogP contribution in [-0.4, -0.2) is 37.1 Å². The summed E-state index contributed by atoms with van der Waals surface area (Å²) in [7, 11) is 0. The molecule has 0 aromatic carbocycles. The summed E-state index contributed by atoms with van der Waals surface area (Å²) in [4.78, 5) is 16.0. The molecule has 0 saturated heterocycles. The van der Waals surface area contributed by atoms with Crippen molar-refractivity contribution >= 4 is 52.1 Å². The number of nitrogens with zero attached hydrogens (tertiary/aromatic N) is 5. The van der Waals surface area contributed by atoms with Crippen LogP contribution in [0.3, 0.4) is 0 Å². The molecule has 6 nitrogen and oxygen atoms in total. The Hall–Kier alpha value is -2.23. The van der Waals surface area contributed by atoms with E-state index in [9.17, 15) is 4.79 Å². The van der Waals surface area contributed by atoms with Gasteiger partial charge >= 0.3 is 0 Å². The molecule has 0 radical (unpaired) electrons. The van der Waals surface area contributed by atoms with Crippen LogP contribution >= 0.6 is 34.4 Å². The van der Waals surface area contributed by atoms with Crippen LogP contribution in [0.4, 0.5) is 0 Å². The Balaban J connectivity index is 1.28. The minimum Gasteiger partial charge on any atom is -0.303 e. The molecule has 2 aliphatic carbocycles. The van der Waals surface area contributed by atoms with Gasteiger partial charge in [0.15, 0.2) is 5.16 Å². The second-order valence-corrected chi connectivity index (χ2v) is 11.7.